The van der Waals surface area contributed by atoms with Gasteiger partial charge in [0.05, 0.1) is 7.11 Å². The Balaban J connectivity index is 1.61. The van der Waals surface area contributed by atoms with Gasteiger partial charge in [0.15, 0.2) is 5.13 Å². The minimum Gasteiger partial charge on any atom is -0.497 e. The molecule has 0 aliphatic rings. The molecule has 0 saturated heterocycles. The van der Waals surface area contributed by atoms with Gasteiger partial charge in [0, 0.05) is 35.4 Å². The number of nitrogens with one attached hydrogen (secondary N) is 2. The van der Waals surface area contributed by atoms with Crippen LogP contribution in [0.5, 0.6) is 5.75 Å². The summed E-state index contributed by atoms with van der Waals surface area (Å²) in [6, 6.07) is 14.4. The molecule has 0 atom stereocenters. The number of carbonyl (C=O) groups is 2. The highest BCUT2D eigenvalue weighted by atomic mass is 32.1. The number of methoxy groups -OCH3 is 1. The van der Waals surface area contributed by atoms with Gasteiger partial charge in [-0.25, -0.2) is 4.98 Å². The topological polar surface area (TPSA) is 83.6 Å². The Bertz CT molecular complexity index is 996. The zero-order chi connectivity index (χ0) is 21.5. The van der Waals surface area contributed by atoms with Crippen LogP contribution in [0.4, 0.5) is 16.5 Å². The fraction of sp³-hybridized carbons (Fsp3) is 0.227. The number of benzene rings is 2. The van der Waals surface area contributed by atoms with Gasteiger partial charge in [-0.2, -0.15) is 0 Å². The summed E-state index contributed by atoms with van der Waals surface area (Å²) in [5, 5.41) is 7.51. The van der Waals surface area contributed by atoms with E-state index in [1.165, 1.54) is 11.3 Å². The molecule has 7 nitrogen and oxygen atoms in total. The van der Waals surface area contributed by atoms with Crippen molar-refractivity contribution in [3.05, 3.63) is 65.2 Å². The summed E-state index contributed by atoms with van der Waals surface area (Å²) < 4.78 is 5.09. The second-order valence-electron chi connectivity index (χ2n) is 6.39. The van der Waals surface area contributed by atoms with Crippen LogP contribution in [0.25, 0.3) is 0 Å². The van der Waals surface area contributed by atoms with E-state index in [2.05, 4.69) is 34.4 Å². The molecule has 3 rings (SSSR count). The van der Waals surface area contributed by atoms with E-state index in [-0.39, 0.29) is 17.5 Å². The first kappa shape index (κ1) is 21.3. The predicted molar refractivity (Wildman–Crippen MR) is 121 cm³/mol. The van der Waals surface area contributed by atoms with Gasteiger partial charge in [0.1, 0.15) is 11.4 Å². The zero-order valence-electron chi connectivity index (χ0n) is 17.1. The Morgan fingerprint density at radius 3 is 2.23 bits per heavy atom. The lowest BCUT2D eigenvalue weighted by Crippen LogP contribution is -2.21. The summed E-state index contributed by atoms with van der Waals surface area (Å²) in [6.07, 6.45) is 0. The summed E-state index contributed by atoms with van der Waals surface area (Å²) in [4.78, 5) is 31.3. The van der Waals surface area contributed by atoms with Gasteiger partial charge >= 0.3 is 0 Å². The maximum atomic E-state index is 12.5. The molecule has 0 aliphatic heterocycles. The summed E-state index contributed by atoms with van der Waals surface area (Å²) in [7, 11) is 1.57. The first-order chi connectivity index (χ1) is 14.5. The van der Waals surface area contributed by atoms with Gasteiger partial charge < -0.3 is 15.0 Å². The highest BCUT2D eigenvalue weighted by Crippen LogP contribution is 2.21. The molecule has 0 bridgehead atoms. The van der Waals surface area contributed by atoms with E-state index < -0.39 is 0 Å². The molecule has 156 valence electrons. The minimum atomic E-state index is -0.327. The molecule has 2 amide bonds. The quantitative estimate of drug-likeness (QED) is 0.556. The molecule has 0 spiro atoms. The number of hydrogen-bond acceptors (Lipinski definition) is 6. The fourth-order valence-electron chi connectivity index (χ4n) is 2.89. The number of amides is 2. The van der Waals surface area contributed by atoms with E-state index in [0.717, 1.165) is 18.8 Å². The summed E-state index contributed by atoms with van der Waals surface area (Å²) in [5.41, 5.74) is 2.52. The molecular formula is C22H24N4O3S. The molecule has 0 aliphatic carbocycles. The first-order valence-electron chi connectivity index (χ1n) is 9.61. The van der Waals surface area contributed by atoms with Gasteiger partial charge in [-0.3, -0.25) is 14.9 Å². The lowest BCUT2D eigenvalue weighted by atomic mass is 10.2. The minimum absolute atomic E-state index is 0.248. The van der Waals surface area contributed by atoms with Crippen LogP contribution in [0, 0.1) is 0 Å². The number of nitrogens with zero attached hydrogens (tertiary/aromatic N) is 2. The number of aromatic nitrogens is 1. The Kier molecular flexibility index (Phi) is 7.03. The third-order valence-electron chi connectivity index (χ3n) is 4.56. The largest absolute Gasteiger partial charge is 0.497 e. The van der Waals surface area contributed by atoms with Crippen molar-refractivity contribution in [2.75, 3.05) is 35.7 Å². The van der Waals surface area contributed by atoms with Crippen LogP contribution in [0.1, 0.15) is 34.7 Å². The molecule has 2 N–H and O–H groups in total. The van der Waals surface area contributed by atoms with Crippen LogP contribution in [-0.4, -0.2) is 37.0 Å². The first-order valence-corrected chi connectivity index (χ1v) is 10.5. The van der Waals surface area contributed by atoms with Crippen molar-refractivity contribution >= 4 is 39.7 Å². The van der Waals surface area contributed by atoms with Crippen LogP contribution >= 0.6 is 11.3 Å². The lowest BCUT2D eigenvalue weighted by molar-refractivity contribution is 0.101. The van der Waals surface area contributed by atoms with Crippen molar-refractivity contribution in [1.29, 1.82) is 0 Å². The van der Waals surface area contributed by atoms with E-state index in [9.17, 15) is 9.59 Å². The van der Waals surface area contributed by atoms with Crippen molar-refractivity contribution in [2.24, 2.45) is 0 Å². The summed E-state index contributed by atoms with van der Waals surface area (Å²) in [6.45, 7) is 6.05. The van der Waals surface area contributed by atoms with E-state index in [1.807, 2.05) is 24.3 Å². The predicted octanol–water partition coefficient (Wildman–Crippen LogP) is 4.50. The van der Waals surface area contributed by atoms with Gasteiger partial charge in [-0.1, -0.05) is 0 Å². The van der Waals surface area contributed by atoms with Crippen LogP contribution in [0.2, 0.25) is 0 Å². The van der Waals surface area contributed by atoms with Crippen LogP contribution in [0.3, 0.4) is 0 Å². The molecule has 1 heterocycles. The van der Waals surface area contributed by atoms with Crippen molar-refractivity contribution in [3.8, 4) is 5.75 Å². The summed E-state index contributed by atoms with van der Waals surface area (Å²) >= 11 is 1.20. The number of rotatable bonds is 8. The van der Waals surface area contributed by atoms with Crippen LogP contribution in [-0.2, 0) is 0 Å². The SMILES string of the molecule is CCN(CC)c1ccc(NC(=O)c2csc(NC(=O)c3ccc(OC)cc3)n2)cc1. The van der Waals surface area contributed by atoms with Crippen LogP contribution < -0.4 is 20.3 Å². The Morgan fingerprint density at radius 1 is 0.967 bits per heavy atom. The average Bonchev–Trinajstić information content (AvgIpc) is 3.24. The van der Waals surface area contributed by atoms with Crippen molar-refractivity contribution in [2.45, 2.75) is 13.8 Å². The number of hydrogen-bond donors (Lipinski definition) is 2. The number of ether oxygens (including phenoxy) is 1. The monoisotopic (exact) mass is 424 g/mol. The smallest absolute Gasteiger partial charge is 0.275 e. The standard InChI is InChI=1S/C22H24N4O3S/c1-4-26(5-2)17-10-8-16(9-11-17)23-21(28)19-14-30-22(24-19)25-20(27)15-6-12-18(29-3)13-7-15/h6-14H,4-5H2,1-3H3,(H,23,28)(H,24,25,27). The van der Waals surface area contributed by atoms with Crippen molar-refractivity contribution in [3.63, 3.8) is 0 Å². The lowest BCUT2D eigenvalue weighted by Gasteiger charge is -2.21. The average molecular weight is 425 g/mol. The van der Waals surface area contributed by atoms with E-state index in [1.54, 1.807) is 36.8 Å². The Labute approximate surface area is 179 Å². The maximum absolute atomic E-state index is 12.5. The zero-order valence-corrected chi connectivity index (χ0v) is 18.0. The summed E-state index contributed by atoms with van der Waals surface area (Å²) in [5.74, 6) is 0.0441. The van der Waals surface area contributed by atoms with Gasteiger partial charge in [-0.05, 0) is 62.4 Å². The molecule has 0 fully saturated rings. The highest BCUT2D eigenvalue weighted by Gasteiger charge is 2.14. The van der Waals surface area contributed by atoms with Crippen molar-refractivity contribution in [1.82, 2.24) is 4.98 Å². The molecular weight excluding hydrogens is 400 g/mol. The van der Waals surface area contributed by atoms with Gasteiger partial charge in [0.25, 0.3) is 11.8 Å². The molecule has 30 heavy (non-hydrogen) atoms. The molecule has 8 heteroatoms. The Hall–Kier alpha value is -3.39. The molecule has 2 aromatic carbocycles. The second-order valence-corrected chi connectivity index (χ2v) is 7.25. The fourth-order valence-corrected chi connectivity index (χ4v) is 3.57. The number of carbonyl (C=O) groups excluding carboxylic acids is 2. The van der Waals surface area contributed by atoms with Gasteiger partial charge in [-0.15, -0.1) is 11.3 Å². The van der Waals surface area contributed by atoms with Gasteiger partial charge in [0.2, 0.25) is 0 Å². The molecule has 1 aromatic heterocycles. The van der Waals surface area contributed by atoms with E-state index in [4.69, 9.17) is 4.74 Å². The maximum Gasteiger partial charge on any atom is 0.275 e. The number of thiazole rings is 1. The second kappa shape index (κ2) is 9.89. The van der Waals surface area contributed by atoms with E-state index in [0.29, 0.717) is 22.1 Å². The molecule has 0 radical (unpaired) electrons. The molecule has 0 saturated carbocycles. The highest BCUT2D eigenvalue weighted by molar-refractivity contribution is 7.14. The molecule has 0 unspecified atom stereocenters. The Morgan fingerprint density at radius 2 is 1.63 bits per heavy atom. The molecule has 3 aromatic rings. The third kappa shape index (κ3) is 5.15. The van der Waals surface area contributed by atoms with Crippen LogP contribution in [0.15, 0.2) is 53.9 Å². The third-order valence-corrected chi connectivity index (χ3v) is 5.32. The normalized spacial score (nSPS) is 10.4. The van der Waals surface area contributed by atoms with E-state index >= 15 is 0 Å². The number of anilines is 3. The van der Waals surface area contributed by atoms with Crippen molar-refractivity contribution < 1.29 is 14.3 Å².